The molecule has 1 unspecified atom stereocenters. The number of hydrogen-bond acceptors (Lipinski definition) is 3. The first-order valence-corrected chi connectivity index (χ1v) is 5.49. The van der Waals surface area contributed by atoms with Crippen molar-refractivity contribution >= 4 is 23.4 Å². The fourth-order valence-corrected chi connectivity index (χ4v) is 1.87. The first kappa shape index (κ1) is 9.96. The summed E-state index contributed by atoms with van der Waals surface area (Å²) in [6.07, 6.45) is 2.05. The van der Waals surface area contributed by atoms with Gasteiger partial charge in [-0.05, 0) is 30.0 Å². The topological polar surface area (TPSA) is 39.2 Å². The maximum Gasteiger partial charge on any atom is 0.193 e. The molecule has 0 aromatic carbocycles. The van der Waals surface area contributed by atoms with E-state index >= 15 is 0 Å². The molecule has 12 heavy (non-hydrogen) atoms. The van der Waals surface area contributed by atoms with E-state index in [1.165, 1.54) is 0 Å². The zero-order valence-corrected chi connectivity index (χ0v) is 8.49. The predicted octanol–water partition coefficient (Wildman–Crippen LogP) is 2.34. The van der Waals surface area contributed by atoms with Crippen LogP contribution in [0, 0.1) is 0 Å². The van der Waals surface area contributed by atoms with Gasteiger partial charge in [0.05, 0.1) is 0 Å². The van der Waals surface area contributed by atoms with E-state index in [1.807, 2.05) is 12.3 Å². The maximum absolute atomic E-state index is 5.65. The van der Waals surface area contributed by atoms with E-state index in [0.29, 0.717) is 11.8 Å². The molecule has 2 N–H and O–H groups in total. The number of rotatable bonds is 4. The number of nitrogens with two attached hydrogens (primary N) is 1. The molecular weight excluding hydrogens is 194 g/mol. The number of halogens is 1. The van der Waals surface area contributed by atoms with Crippen LogP contribution in [0.15, 0.2) is 16.5 Å². The molecule has 0 aliphatic carbocycles. The van der Waals surface area contributed by atoms with E-state index < -0.39 is 0 Å². The van der Waals surface area contributed by atoms with Crippen molar-refractivity contribution in [3.05, 3.63) is 23.1 Å². The molecule has 0 radical (unpaired) electrons. The minimum absolute atomic E-state index is 0.285. The lowest BCUT2D eigenvalue weighted by Gasteiger charge is -2.08. The standard InChI is InChI=1S/C8H12ClNOS/c1-12-5-6(4-10)7-2-3-8(9)11-7/h2-3,6H,4-5,10H2,1H3. The Balaban J connectivity index is 2.66. The second-order valence-electron chi connectivity index (χ2n) is 2.53. The predicted molar refractivity (Wildman–Crippen MR) is 53.9 cm³/mol. The summed E-state index contributed by atoms with van der Waals surface area (Å²) in [4.78, 5) is 0. The van der Waals surface area contributed by atoms with E-state index in [2.05, 4.69) is 0 Å². The van der Waals surface area contributed by atoms with Crippen molar-refractivity contribution in [1.82, 2.24) is 0 Å². The van der Waals surface area contributed by atoms with Crippen LogP contribution in [0.25, 0.3) is 0 Å². The maximum atomic E-state index is 5.65. The van der Waals surface area contributed by atoms with Crippen molar-refractivity contribution < 1.29 is 4.42 Å². The molecule has 0 aliphatic heterocycles. The van der Waals surface area contributed by atoms with Gasteiger partial charge < -0.3 is 10.2 Å². The first-order valence-electron chi connectivity index (χ1n) is 3.72. The van der Waals surface area contributed by atoms with Crippen LogP contribution in [0.2, 0.25) is 5.22 Å². The highest BCUT2D eigenvalue weighted by Crippen LogP contribution is 2.23. The fraction of sp³-hybridized carbons (Fsp3) is 0.500. The van der Waals surface area contributed by atoms with Gasteiger partial charge in [0, 0.05) is 18.2 Å². The van der Waals surface area contributed by atoms with E-state index in [4.69, 9.17) is 21.8 Å². The molecule has 0 saturated heterocycles. The molecule has 0 bridgehead atoms. The van der Waals surface area contributed by atoms with Crippen molar-refractivity contribution in [1.29, 1.82) is 0 Å². The molecule has 1 rings (SSSR count). The number of hydrogen-bond donors (Lipinski definition) is 1. The van der Waals surface area contributed by atoms with Crippen molar-refractivity contribution in [2.24, 2.45) is 5.73 Å². The van der Waals surface area contributed by atoms with Gasteiger partial charge in [0.1, 0.15) is 5.76 Å². The highest BCUT2D eigenvalue weighted by molar-refractivity contribution is 7.98. The van der Waals surface area contributed by atoms with Crippen molar-refractivity contribution in [2.75, 3.05) is 18.6 Å². The second-order valence-corrected chi connectivity index (χ2v) is 3.81. The Morgan fingerprint density at radius 1 is 1.67 bits per heavy atom. The minimum atomic E-state index is 0.285. The normalized spacial score (nSPS) is 13.2. The summed E-state index contributed by atoms with van der Waals surface area (Å²) in [5.41, 5.74) is 5.58. The van der Waals surface area contributed by atoms with Crippen LogP contribution < -0.4 is 5.73 Å². The quantitative estimate of drug-likeness (QED) is 0.820. The van der Waals surface area contributed by atoms with Crippen LogP contribution in [0.1, 0.15) is 11.7 Å². The molecule has 1 heterocycles. The zero-order valence-electron chi connectivity index (χ0n) is 6.92. The highest BCUT2D eigenvalue weighted by atomic mass is 35.5. The first-order chi connectivity index (χ1) is 5.77. The molecular formula is C8H12ClNOS. The molecule has 0 amide bonds. The third-order valence-electron chi connectivity index (χ3n) is 1.65. The highest BCUT2D eigenvalue weighted by Gasteiger charge is 2.12. The summed E-state index contributed by atoms with van der Waals surface area (Å²) in [5.74, 6) is 2.14. The SMILES string of the molecule is CSCC(CN)c1ccc(Cl)o1. The lowest BCUT2D eigenvalue weighted by molar-refractivity contribution is 0.481. The van der Waals surface area contributed by atoms with Crippen LogP contribution in [0.4, 0.5) is 0 Å². The van der Waals surface area contributed by atoms with Gasteiger partial charge in [0.2, 0.25) is 0 Å². The summed E-state index contributed by atoms with van der Waals surface area (Å²) in [6.45, 7) is 0.602. The average Bonchev–Trinajstić information content (AvgIpc) is 2.47. The second kappa shape index (κ2) is 4.80. The van der Waals surface area contributed by atoms with E-state index in [-0.39, 0.29) is 5.92 Å². The van der Waals surface area contributed by atoms with Crippen molar-refractivity contribution in [3.63, 3.8) is 0 Å². The molecule has 2 nitrogen and oxygen atoms in total. The summed E-state index contributed by atoms with van der Waals surface area (Å²) >= 11 is 7.40. The van der Waals surface area contributed by atoms with Crippen LogP contribution in [0.3, 0.4) is 0 Å². The van der Waals surface area contributed by atoms with Gasteiger partial charge in [-0.15, -0.1) is 0 Å². The van der Waals surface area contributed by atoms with E-state index in [1.54, 1.807) is 17.8 Å². The van der Waals surface area contributed by atoms with Gasteiger partial charge in [-0.25, -0.2) is 0 Å². The average molecular weight is 206 g/mol. The molecule has 68 valence electrons. The smallest absolute Gasteiger partial charge is 0.193 e. The molecule has 4 heteroatoms. The molecule has 0 fully saturated rings. The Morgan fingerprint density at radius 3 is 2.83 bits per heavy atom. The number of furan rings is 1. The Labute approximate surface area is 81.5 Å². The lowest BCUT2D eigenvalue weighted by Crippen LogP contribution is -2.13. The lowest BCUT2D eigenvalue weighted by atomic mass is 10.1. The van der Waals surface area contributed by atoms with Gasteiger partial charge in [0.25, 0.3) is 0 Å². The largest absolute Gasteiger partial charge is 0.449 e. The molecule has 0 aliphatic rings. The molecule has 1 aromatic heterocycles. The van der Waals surface area contributed by atoms with E-state index in [0.717, 1.165) is 11.5 Å². The Morgan fingerprint density at radius 2 is 2.42 bits per heavy atom. The minimum Gasteiger partial charge on any atom is -0.449 e. The van der Waals surface area contributed by atoms with Crippen LogP contribution >= 0.6 is 23.4 Å². The third-order valence-corrected chi connectivity index (χ3v) is 2.59. The van der Waals surface area contributed by atoms with Crippen LogP contribution in [0.5, 0.6) is 0 Å². The molecule has 0 spiro atoms. The van der Waals surface area contributed by atoms with Gasteiger partial charge in [-0.1, -0.05) is 0 Å². The molecule has 1 aromatic rings. The zero-order chi connectivity index (χ0) is 8.97. The fourth-order valence-electron chi connectivity index (χ4n) is 1.02. The van der Waals surface area contributed by atoms with Gasteiger partial charge in [-0.3, -0.25) is 0 Å². The molecule has 0 saturated carbocycles. The summed E-state index contributed by atoms with van der Waals surface area (Å²) in [7, 11) is 0. The summed E-state index contributed by atoms with van der Waals surface area (Å²) in [5, 5.41) is 0.435. The van der Waals surface area contributed by atoms with Gasteiger partial charge in [0.15, 0.2) is 5.22 Å². The monoisotopic (exact) mass is 205 g/mol. The summed E-state index contributed by atoms with van der Waals surface area (Å²) in [6, 6.07) is 3.63. The Hall–Kier alpha value is -0.120. The molecule has 1 atom stereocenters. The summed E-state index contributed by atoms with van der Waals surface area (Å²) < 4.78 is 5.26. The Kier molecular flexibility index (Phi) is 3.98. The van der Waals surface area contributed by atoms with E-state index in [9.17, 15) is 0 Å². The van der Waals surface area contributed by atoms with Crippen molar-refractivity contribution in [2.45, 2.75) is 5.92 Å². The van der Waals surface area contributed by atoms with Crippen molar-refractivity contribution in [3.8, 4) is 0 Å². The Bertz CT molecular complexity index is 239. The van der Waals surface area contributed by atoms with Crippen LogP contribution in [-0.4, -0.2) is 18.6 Å². The van der Waals surface area contributed by atoms with Gasteiger partial charge in [-0.2, -0.15) is 11.8 Å². The third kappa shape index (κ3) is 2.44. The van der Waals surface area contributed by atoms with Gasteiger partial charge >= 0.3 is 0 Å². The van der Waals surface area contributed by atoms with Crippen LogP contribution in [-0.2, 0) is 0 Å². The number of thioether (sulfide) groups is 1.